The highest BCUT2D eigenvalue weighted by Crippen LogP contribution is 2.40. The van der Waals surface area contributed by atoms with Gasteiger partial charge in [-0.05, 0) is 13.8 Å². The molecule has 33 heavy (non-hydrogen) atoms. The second-order valence-electron chi connectivity index (χ2n) is 7.04. The van der Waals surface area contributed by atoms with E-state index in [9.17, 15) is 45.5 Å². The van der Waals surface area contributed by atoms with Gasteiger partial charge in [0.05, 0.1) is 0 Å². The van der Waals surface area contributed by atoms with Crippen molar-refractivity contribution in [2.45, 2.75) is 57.7 Å². The number of hydrogen-bond donors (Lipinski definition) is 0. The van der Waals surface area contributed by atoms with Crippen molar-refractivity contribution in [2.75, 3.05) is 6.61 Å². The van der Waals surface area contributed by atoms with Crippen LogP contribution in [0.15, 0.2) is 12.2 Å². The topological polar surface area (TPSA) is 114 Å². The van der Waals surface area contributed by atoms with Crippen LogP contribution in [0, 0.1) is 11.8 Å². The number of ether oxygens (including phenoxy) is 5. The van der Waals surface area contributed by atoms with Gasteiger partial charge in [-0.1, -0.05) is 13.5 Å². The van der Waals surface area contributed by atoms with Gasteiger partial charge in [0, 0.05) is 11.5 Å². The van der Waals surface area contributed by atoms with Crippen LogP contribution >= 0.6 is 0 Å². The molecule has 0 spiro atoms. The predicted molar refractivity (Wildman–Crippen MR) is 91.8 cm³/mol. The van der Waals surface area contributed by atoms with E-state index in [4.69, 9.17) is 9.47 Å². The summed E-state index contributed by atoms with van der Waals surface area (Å²) in [5.41, 5.74) is -0.0831. The van der Waals surface area contributed by atoms with Crippen LogP contribution in [0.5, 0.6) is 0 Å². The Kier molecular flexibility index (Phi) is 9.27. The third kappa shape index (κ3) is 7.61. The minimum absolute atomic E-state index is 0.00613. The van der Waals surface area contributed by atoms with Crippen LogP contribution in [0.2, 0.25) is 0 Å². The van der Waals surface area contributed by atoms with Gasteiger partial charge in [-0.25, -0.2) is 9.59 Å². The second kappa shape index (κ2) is 10.9. The molecule has 0 aromatic heterocycles. The number of carbonyl (C=O) groups excluding carboxylic acids is 4. The van der Waals surface area contributed by atoms with E-state index in [0.717, 1.165) is 0 Å². The normalized spacial score (nSPS) is 24.1. The summed E-state index contributed by atoms with van der Waals surface area (Å²) >= 11 is 0. The monoisotopic (exact) mass is 494 g/mol. The number of halogens is 6. The maximum absolute atomic E-state index is 12.8. The summed E-state index contributed by atoms with van der Waals surface area (Å²) in [6.45, 7) is 5.91. The zero-order chi connectivity index (χ0) is 25.7. The Hall–Kier alpha value is -2.84. The fraction of sp³-hybridized carbons (Fsp3) is 0.667. The molecule has 0 radical (unpaired) electrons. The summed E-state index contributed by atoms with van der Waals surface area (Å²) in [6, 6.07) is 0. The molecular formula is C18H20F6O9. The molecule has 1 saturated heterocycles. The van der Waals surface area contributed by atoms with E-state index in [-0.39, 0.29) is 12.0 Å². The van der Waals surface area contributed by atoms with Crippen molar-refractivity contribution in [1.29, 1.82) is 0 Å². The third-order valence-corrected chi connectivity index (χ3v) is 4.42. The molecule has 1 rings (SSSR count). The highest BCUT2D eigenvalue weighted by molar-refractivity contribution is 5.88. The van der Waals surface area contributed by atoms with Crippen LogP contribution in [-0.2, 0) is 42.9 Å². The zero-order valence-electron chi connectivity index (χ0n) is 17.4. The molecule has 15 heteroatoms. The molecule has 0 aromatic carbocycles. The molecular weight excluding hydrogens is 474 g/mol. The lowest BCUT2D eigenvalue weighted by molar-refractivity contribution is -0.315. The Balaban J connectivity index is 3.11. The number of carbonyl (C=O) groups is 4. The maximum atomic E-state index is 12.8. The summed E-state index contributed by atoms with van der Waals surface area (Å²) in [4.78, 5) is 46.2. The quantitative estimate of drug-likeness (QED) is 0.157. The summed E-state index contributed by atoms with van der Waals surface area (Å²) < 4.78 is 99.6. The Morgan fingerprint density at radius 3 is 2.12 bits per heavy atom. The fourth-order valence-electron chi connectivity index (χ4n) is 2.87. The Labute approximate surface area is 182 Å². The second-order valence-corrected chi connectivity index (χ2v) is 7.04. The van der Waals surface area contributed by atoms with Gasteiger partial charge in [-0.2, -0.15) is 26.3 Å². The molecule has 9 nitrogen and oxygen atoms in total. The molecule has 5 atom stereocenters. The summed E-state index contributed by atoms with van der Waals surface area (Å²) in [7, 11) is 0. The zero-order valence-corrected chi connectivity index (χ0v) is 17.4. The average Bonchev–Trinajstić information content (AvgIpc) is 2.98. The molecule has 5 unspecified atom stereocenters. The Bertz CT molecular complexity index is 749. The van der Waals surface area contributed by atoms with E-state index in [2.05, 4.69) is 20.8 Å². The summed E-state index contributed by atoms with van der Waals surface area (Å²) in [6.07, 6.45) is -20.9. The van der Waals surface area contributed by atoms with E-state index in [1.165, 1.54) is 20.8 Å². The van der Waals surface area contributed by atoms with Crippen molar-refractivity contribution in [3.8, 4) is 0 Å². The lowest BCUT2D eigenvalue weighted by atomic mass is 9.89. The first-order valence-corrected chi connectivity index (χ1v) is 9.11. The van der Waals surface area contributed by atoms with Gasteiger partial charge in [0.15, 0.2) is 6.61 Å². The Morgan fingerprint density at radius 1 is 1.12 bits per heavy atom. The summed E-state index contributed by atoms with van der Waals surface area (Å²) in [5.74, 6) is -7.56. The smallest absolute Gasteiger partial charge is 0.434 e. The van der Waals surface area contributed by atoms with Crippen LogP contribution < -0.4 is 0 Å². The van der Waals surface area contributed by atoms with Crippen molar-refractivity contribution in [3.05, 3.63) is 12.2 Å². The van der Waals surface area contributed by atoms with Gasteiger partial charge in [-0.3, -0.25) is 9.59 Å². The maximum Gasteiger partial charge on any atom is 0.434 e. The lowest BCUT2D eigenvalue weighted by Crippen LogP contribution is -2.48. The van der Waals surface area contributed by atoms with E-state index >= 15 is 0 Å². The molecule has 1 aliphatic heterocycles. The van der Waals surface area contributed by atoms with E-state index in [1.807, 2.05) is 0 Å². The number of rotatable bonds is 9. The van der Waals surface area contributed by atoms with Gasteiger partial charge < -0.3 is 23.7 Å². The van der Waals surface area contributed by atoms with Crippen molar-refractivity contribution >= 4 is 24.4 Å². The SMILES string of the molecule is C=C(C)C(=O)OCC(=O)OC1OC(C(C)OC=O)C(C)C1C(=O)OC(C(F)(F)F)C(F)(F)F. The molecule has 0 saturated carbocycles. The van der Waals surface area contributed by atoms with E-state index in [0.29, 0.717) is 0 Å². The molecule has 0 N–H and O–H groups in total. The van der Waals surface area contributed by atoms with Crippen LogP contribution in [0.1, 0.15) is 20.8 Å². The Morgan fingerprint density at radius 2 is 1.67 bits per heavy atom. The highest BCUT2D eigenvalue weighted by atomic mass is 19.4. The molecule has 1 heterocycles. The molecule has 1 fully saturated rings. The highest BCUT2D eigenvalue weighted by Gasteiger charge is 2.61. The number of hydrogen-bond acceptors (Lipinski definition) is 9. The lowest BCUT2D eigenvalue weighted by Gasteiger charge is -2.26. The van der Waals surface area contributed by atoms with Gasteiger partial charge in [0.2, 0.25) is 6.29 Å². The van der Waals surface area contributed by atoms with Crippen molar-refractivity contribution in [1.82, 2.24) is 0 Å². The standard InChI is InChI=1S/C18H20F6O9/c1-7(2)13(27)29-5-10(26)31-15-11(8(3)12(32-15)9(4)30-6-25)14(28)33-16(17(19,20)21)18(22,23)24/h6,8-9,11-12,15-16H,1,5H2,2-4H3. The van der Waals surface area contributed by atoms with Crippen LogP contribution in [0.4, 0.5) is 26.3 Å². The minimum Gasteiger partial charge on any atom is -0.462 e. The summed E-state index contributed by atoms with van der Waals surface area (Å²) in [5, 5.41) is 0. The fourth-order valence-corrected chi connectivity index (χ4v) is 2.87. The first kappa shape index (κ1) is 28.2. The minimum atomic E-state index is -5.98. The van der Waals surface area contributed by atoms with Crippen molar-refractivity contribution in [3.63, 3.8) is 0 Å². The van der Waals surface area contributed by atoms with Gasteiger partial charge in [-0.15, -0.1) is 0 Å². The molecule has 0 aliphatic carbocycles. The van der Waals surface area contributed by atoms with Crippen LogP contribution in [-0.4, -0.2) is 67.9 Å². The van der Waals surface area contributed by atoms with Crippen molar-refractivity contribution in [2.24, 2.45) is 11.8 Å². The van der Waals surface area contributed by atoms with Gasteiger partial charge in [0.1, 0.15) is 18.1 Å². The number of esters is 3. The van der Waals surface area contributed by atoms with E-state index < -0.39 is 73.3 Å². The molecule has 0 bridgehead atoms. The van der Waals surface area contributed by atoms with Gasteiger partial charge in [0.25, 0.3) is 12.6 Å². The third-order valence-electron chi connectivity index (χ3n) is 4.42. The van der Waals surface area contributed by atoms with Gasteiger partial charge >= 0.3 is 30.3 Å². The van der Waals surface area contributed by atoms with Crippen molar-refractivity contribution < 1.29 is 69.2 Å². The average molecular weight is 494 g/mol. The largest absolute Gasteiger partial charge is 0.462 e. The van der Waals surface area contributed by atoms with Crippen LogP contribution in [0.3, 0.4) is 0 Å². The number of alkyl halides is 6. The predicted octanol–water partition coefficient (Wildman–Crippen LogP) is 2.22. The first-order chi connectivity index (χ1) is 15.0. The van der Waals surface area contributed by atoms with E-state index in [1.54, 1.807) is 0 Å². The van der Waals surface area contributed by atoms with Crippen LogP contribution in [0.25, 0.3) is 0 Å². The molecule has 188 valence electrons. The molecule has 0 aromatic rings. The first-order valence-electron chi connectivity index (χ1n) is 9.11. The molecule has 0 amide bonds. The molecule has 1 aliphatic rings.